The summed E-state index contributed by atoms with van der Waals surface area (Å²) < 4.78 is 6.64. The van der Waals surface area contributed by atoms with Gasteiger partial charge in [0.2, 0.25) is 0 Å². The van der Waals surface area contributed by atoms with Crippen molar-refractivity contribution in [3.8, 4) is 5.75 Å². The molecule has 0 saturated carbocycles. The van der Waals surface area contributed by atoms with Gasteiger partial charge in [0.05, 0.1) is 15.9 Å². The van der Waals surface area contributed by atoms with E-state index in [4.69, 9.17) is 27.9 Å². The number of carbonyl (C=O) groups excluding carboxylic acids is 1. The van der Waals surface area contributed by atoms with Crippen LogP contribution in [0.25, 0.3) is 10.9 Å². The zero-order valence-electron chi connectivity index (χ0n) is 8.62. The minimum Gasteiger partial charge on any atom is -0.424 e. The van der Waals surface area contributed by atoms with Gasteiger partial charge >= 0.3 is 5.97 Å². The van der Waals surface area contributed by atoms with Gasteiger partial charge in [0.1, 0.15) is 0 Å². The molecule has 84 valence electrons. The Kier molecular flexibility index (Phi) is 2.78. The summed E-state index contributed by atoms with van der Waals surface area (Å²) in [4.78, 5) is 11.0. The van der Waals surface area contributed by atoms with Gasteiger partial charge in [-0.25, -0.2) is 0 Å². The predicted molar refractivity (Wildman–Crippen MR) is 62.0 cm³/mol. The predicted octanol–water partition coefficient (Wildman–Crippen LogP) is 2.81. The highest BCUT2D eigenvalue weighted by Gasteiger charge is 2.16. The van der Waals surface area contributed by atoms with Crippen LogP contribution in [-0.4, -0.2) is 15.7 Å². The lowest BCUT2D eigenvalue weighted by atomic mass is 10.2. The number of carbonyl (C=O) groups is 1. The van der Waals surface area contributed by atoms with Crippen LogP contribution in [0.4, 0.5) is 0 Å². The highest BCUT2D eigenvalue weighted by molar-refractivity contribution is 6.37. The monoisotopic (exact) mass is 258 g/mol. The quantitative estimate of drug-likeness (QED) is 0.584. The van der Waals surface area contributed by atoms with Crippen LogP contribution in [0.15, 0.2) is 12.1 Å². The molecule has 1 aromatic carbocycles. The summed E-state index contributed by atoms with van der Waals surface area (Å²) in [7, 11) is 1.75. The van der Waals surface area contributed by atoms with Crippen LogP contribution in [-0.2, 0) is 11.8 Å². The third kappa shape index (κ3) is 1.74. The van der Waals surface area contributed by atoms with Crippen molar-refractivity contribution in [2.24, 2.45) is 7.05 Å². The highest BCUT2D eigenvalue weighted by atomic mass is 35.5. The zero-order chi connectivity index (χ0) is 11.9. The Balaban J connectivity index is 2.78. The van der Waals surface area contributed by atoms with Crippen molar-refractivity contribution in [1.82, 2.24) is 9.78 Å². The van der Waals surface area contributed by atoms with Gasteiger partial charge in [-0.3, -0.25) is 9.48 Å². The van der Waals surface area contributed by atoms with Crippen molar-refractivity contribution in [2.45, 2.75) is 6.92 Å². The average Bonchev–Trinajstić information content (AvgIpc) is 2.46. The molecule has 0 amide bonds. The van der Waals surface area contributed by atoms with Gasteiger partial charge in [-0.2, -0.15) is 5.10 Å². The first kappa shape index (κ1) is 11.2. The van der Waals surface area contributed by atoms with Gasteiger partial charge in [0.25, 0.3) is 0 Å². The topological polar surface area (TPSA) is 44.1 Å². The minimum absolute atomic E-state index is 0.254. The fraction of sp³-hybridized carbons (Fsp3) is 0.200. The summed E-state index contributed by atoms with van der Waals surface area (Å²) in [5.41, 5.74) is 0.755. The van der Waals surface area contributed by atoms with Crippen LogP contribution in [0, 0.1) is 0 Å². The van der Waals surface area contributed by atoms with Crippen molar-refractivity contribution in [2.75, 3.05) is 0 Å². The Hall–Kier alpha value is -1.26. The number of esters is 1. The maximum atomic E-state index is 11.0. The van der Waals surface area contributed by atoms with E-state index in [0.717, 1.165) is 5.52 Å². The lowest BCUT2D eigenvalue weighted by molar-refractivity contribution is -0.131. The Labute approximate surface area is 102 Å². The third-order valence-electron chi connectivity index (χ3n) is 2.13. The van der Waals surface area contributed by atoms with E-state index in [1.807, 2.05) is 0 Å². The standard InChI is InChI=1S/C10H8Cl2N2O2/c1-5(15)16-9-6(11)3-4-7-8(9)10(12)13-14(7)2/h3-4H,1-2H3. The molecule has 1 heterocycles. The van der Waals surface area contributed by atoms with E-state index in [-0.39, 0.29) is 10.9 Å². The first-order chi connectivity index (χ1) is 7.50. The fourth-order valence-electron chi connectivity index (χ4n) is 1.49. The largest absolute Gasteiger partial charge is 0.424 e. The minimum atomic E-state index is -0.450. The molecule has 0 aliphatic heterocycles. The maximum absolute atomic E-state index is 11.0. The smallest absolute Gasteiger partial charge is 0.308 e. The Bertz CT molecular complexity index is 578. The van der Waals surface area contributed by atoms with Gasteiger partial charge in [-0.15, -0.1) is 0 Å². The molecule has 0 spiro atoms. The normalized spacial score (nSPS) is 10.8. The van der Waals surface area contributed by atoms with Crippen molar-refractivity contribution >= 4 is 40.1 Å². The van der Waals surface area contributed by atoms with E-state index in [2.05, 4.69) is 5.10 Å². The number of hydrogen-bond acceptors (Lipinski definition) is 3. The molecule has 0 atom stereocenters. The molecule has 0 N–H and O–H groups in total. The number of aryl methyl sites for hydroxylation is 1. The van der Waals surface area contributed by atoms with E-state index in [1.54, 1.807) is 23.9 Å². The van der Waals surface area contributed by atoms with Crippen molar-refractivity contribution in [3.05, 3.63) is 22.3 Å². The van der Waals surface area contributed by atoms with Crippen molar-refractivity contribution in [1.29, 1.82) is 0 Å². The first-order valence-electron chi connectivity index (χ1n) is 4.50. The van der Waals surface area contributed by atoms with Crippen molar-refractivity contribution in [3.63, 3.8) is 0 Å². The molecule has 0 saturated heterocycles. The molecule has 0 fully saturated rings. The van der Waals surface area contributed by atoms with Crippen LogP contribution < -0.4 is 4.74 Å². The van der Waals surface area contributed by atoms with E-state index in [0.29, 0.717) is 10.4 Å². The van der Waals surface area contributed by atoms with Crippen LogP contribution >= 0.6 is 23.2 Å². The van der Waals surface area contributed by atoms with Gasteiger partial charge in [0.15, 0.2) is 10.9 Å². The van der Waals surface area contributed by atoms with Crippen LogP contribution in [0.1, 0.15) is 6.92 Å². The third-order valence-corrected chi connectivity index (χ3v) is 2.69. The number of fused-ring (bicyclic) bond motifs is 1. The molecule has 0 aliphatic carbocycles. The van der Waals surface area contributed by atoms with Gasteiger partial charge in [-0.05, 0) is 12.1 Å². The number of halogens is 2. The number of rotatable bonds is 1. The van der Waals surface area contributed by atoms with E-state index in [1.165, 1.54) is 6.92 Å². The molecule has 0 unspecified atom stereocenters. The SMILES string of the molecule is CC(=O)Oc1c(Cl)ccc2c1c(Cl)nn2C. The highest BCUT2D eigenvalue weighted by Crippen LogP contribution is 2.37. The zero-order valence-corrected chi connectivity index (χ0v) is 10.1. The second-order valence-corrected chi connectivity index (χ2v) is 4.04. The molecular formula is C10H8Cl2N2O2. The van der Waals surface area contributed by atoms with Crippen LogP contribution in [0.3, 0.4) is 0 Å². The summed E-state index contributed by atoms with van der Waals surface area (Å²) >= 11 is 11.9. The molecule has 0 radical (unpaired) electrons. The van der Waals surface area contributed by atoms with E-state index < -0.39 is 5.97 Å². The summed E-state index contributed by atoms with van der Waals surface area (Å²) in [6, 6.07) is 3.41. The summed E-state index contributed by atoms with van der Waals surface area (Å²) in [6.45, 7) is 1.30. The molecule has 16 heavy (non-hydrogen) atoms. The number of aromatic nitrogens is 2. The van der Waals surface area contributed by atoms with Gasteiger partial charge < -0.3 is 4.74 Å². The Morgan fingerprint density at radius 2 is 2.12 bits per heavy atom. The molecule has 6 heteroatoms. The maximum Gasteiger partial charge on any atom is 0.308 e. The molecule has 4 nitrogen and oxygen atoms in total. The number of ether oxygens (including phenoxy) is 1. The van der Waals surface area contributed by atoms with Crippen LogP contribution in [0.5, 0.6) is 5.75 Å². The summed E-state index contributed by atoms with van der Waals surface area (Å²) in [5.74, 6) is -0.195. The van der Waals surface area contributed by atoms with Crippen LogP contribution in [0.2, 0.25) is 10.2 Å². The lowest BCUT2D eigenvalue weighted by Gasteiger charge is -2.05. The Morgan fingerprint density at radius 3 is 2.75 bits per heavy atom. The molecule has 1 aromatic heterocycles. The van der Waals surface area contributed by atoms with E-state index in [9.17, 15) is 4.79 Å². The summed E-state index contributed by atoms with van der Waals surface area (Å²) in [5, 5.41) is 5.17. The number of benzene rings is 1. The molecule has 0 bridgehead atoms. The Morgan fingerprint density at radius 1 is 1.44 bits per heavy atom. The number of hydrogen-bond donors (Lipinski definition) is 0. The average molecular weight is 259 g/mol. The van der Waals surface area contributed by atoms with Gasteiger partial charge in [-0.1, -0.05) is 23.2 Å². The molecular weight excluding hydrogens is 251 g/mol. The first-order valence-corrected chi connectivity index (χ1v) is 5.25. The second kappa shape index (κ2) is 3.96. The molecule has 2 rings (SSSR count). The molecule has 2 aromatic rings. The second-order valence-electron chi connectivity index (χ2n) is 3.28. The molecule has 0 aliphatic rings. The lowest BCUT2D eigenvalue weighted by Crippen LogP contribution is -2.02. The summed E-state index contributed by atoms with van der Waals surface area (Å²) in [6.07, 6.45) is 0. The van der Waals surface area contributed by atoms with Crippen molar-refractivity contribution < 1.29 is 9.53 Å². The fourth-order valence-corrected chi connectivity index (χ4v) is 1.99. The van der Waals surface area contributed by atoms with E-state index >= 15 is 0 Å². The number of nitrogens with zero attached hydrogens (tertiary/aromatic N) is 2. The van der Waals surface area contributed by atoms with Gasteiger partial charge in [0, 0.05) is 14.0 Å².